The molecule has 0 aromatic heterocycles. The molecule has 1 aliphatic carbocycles. The van der Waals surface area contributed by atoms with Crippen LogP contribution in [0.15, 0.2) is 24.3 Å². The van der Waals surface area contributed by atoms with Crippen LogP contribution in [0.5, 0.6) is 0 Å². The van der Waals surface area contributed by atoms with Crippen LogP contribution in [0.25, 0.3) is 0 Å². The van der Waals surface area contributed by atoms with Crippen LogP contribution >= 0.6 is 0 Å². The summed E-state index contributed by atoms with van der Waals surface area (Å²) in [6.07, 6.45) is -2.08. The van der Waals surface area contributed by atoms with Gasteiger partial charge in [0.05, 0.1) is 12.2 Å². The molecule has 0 spiro atoms. The molecule has 21 heavy (non-hydrogen) atoms. The van der Waals surface area contributed by atoms with Gasteiger partial charge in [-0.2, -0.15) is 13.2 Å². The summed E-state index contributed by atoms with van der Waals surface area (Å²) in [6, 6.07) is 5.35. The minimum atomic E-state index is -4.33. The fourth-order valence-corrected chi connectivity index (χ4v) is 2.37. The highest BCUT2D eigenvalue weighted by Gasteiger charge is 2.32. The second kappa shape index (κ2) is 6.77. The van der Waals surface area contributed by atoms with Gasteiger partial charge in [0.25, 0.3) is 0 Å². The molecule has 0 bridgehead atoms. The van der Waals surface area contributed by atoms with Crippen molar-refractivity contribution in [3.63, 3.8) is 0 Å². The maximum absolute atomic E-state index is 12.7. The number of halogens is 3. The predicted molar refractivity (Wildman–Crippen MR) is 74.8 cm³/mol. The Bertz CT molecular complexity index is 460. The zero-order valence-electron chi connectivity index (χ0n) is 12.1. The molecule has 6 heteroatoms. The lowest BCUT2D eigenvalue weighted by molar-refractivity contribution is -0.137. The summed E-state index contributed by atoms with van der Waals surface area (Å²) in [5.74, 6) is 0. The normalized spacial score (nSPS) is 17.2. The van der Waals surface area contributed by atoms with Gasteiger partial charge in [0.15, 0.2) is 0 Å². The first-order valence-electron chi connectivity index (χ1n) is 7.07. The molecule has 0 heterocycles. The summed E-state index contributed by atoms with van der Waals surface area (Å²) in [7, 11) is 1.64. The molecule has 1 fully saturated rings. The van der Waals surface area contributed by atoms with Crippen LogP contribution in [0.4, 0.5) is 13.2 Å². The fourth-order valence-electron chi connectivity index (χ4n) is 2.37. The second-order valence-electron chi connectivity index (χ2n) is 5.45. The SMILES string of the molecule is COCCN(CC(N)c1cccc(C(F)(F)F)c1)C1CC1. The number of nitrogens with zero attached hydrogens (tertiary/aromatic N) is 1. The van der Waals surface area contributed by atoms with Gasteiger partial charge < -0.3 is 10.5 Å². The second-order valence-corrected chi connectivity index (χ2v) is 5.45. The molecule has 2 N–H and O–H groups in total. The number of ether oxygens (including phenoxy) is 1. The van der Waals surface area contributed by atoms with Gasteiger partial charge in [-0.3, -0.25) is 4.90 Å². The minimum absolute atomic E-state index is 0.426. The average molecular weight is 302 g/mol. The maximum atomic E-state index is 12.7. The van der Waals surface area contributed by atoms with Crippen molar-refractivity contribution in [2.75, 3.05) is 26.8 Å². The van der Waals surface area contributed by atoms with Crippen molar-refractivity contribution in [1.29, 1.82) is 0 Å². The summed E-state index contributed by atoms with van der Waals surface area (Å²) < 4.78 is 43.3. The predicted octanol–water partition coefficient (Wildman–Crippen LogP) is 2.82. The largest absolute Gasteiger partial charge is 0.416 e. The number of hydrogen-bond acceptors (Lipinski definition) is 3. The first-order chi connectivity index (χ1) is 9.91. The number of nitrogens with two attached hydrogens (primary N) is 1. The van der Waals surface area contributed by atoms with E-state index in [-0.39, 0.29) is 0 Å². The lowest BCUT2D eigenvalue weighted by atomic mass is 10.0. The molecule has 3 nitrogen and oxygen atoms in total. The Morgan fingerprint density at radius 2 is 2.10 bits per heavy atom. The average Bonchev–Trinajstić information content (AvgIpc) is 3.27. The van der Waals surface area contributed by atoms with Crippen LogP contribution in [0.3, 0.4) is 0 Å². The number of rotatable bonds is 7. The molecule has 0 saturated heterocycles. The molecular formula is C15H21F3N2O. The molecule has 1 aromatic rings. The van der Waals surface area contributed by atoms with E-state index in [0.29, 0.717) is 24.8 Å². The Hall–Kier alpha value is -1.11. The van der Waals surface area contributed by atoms with Gasteiger partial charge >= 0.3 is 6.18 Å². The van der Waals surface area contributed by atoms with Gasteiger partial charge in [0, 0.05) is 32.3 Å². The van der Waals surface area contributed by atoms with Crippen LogP contribution in [0.2, 0.25) is 0 Å². The molecule has 1 atom stereocenters. The van der Waals surface area contributed by atoms with Crippen LogP contribution in [-0.2, 0) is 10.9 Å². The molecule has 1 aromatic carbocycles. The minimum Gasteiger partial charge on any atom is -0.383 e. The van der Waals surface area contributed by atoms with Gasteiger partial charge in [0.2, 0.25) is 0 Å². The van der Waals surface area contributed by atoms with Gasteiger partial charge in [0.1, 0.15) is 0 Å². The van der Waals surface area contributed by atoms with Crippen LogP contribution < -0.4 is 5.73 Å². The van der Waals surface area contributed by atoms with Crippen molar-refractivity contribution in [3.8, 4) is 0 Å². The highest BCUT2D eigenvalue weighted by atomic mass is 19.4. The molecular weight excluding hydrogens is 281 g/mol. The van der Waals surface area contributed by atoms with E-state index in [1.165, 1.54) is 6.07 Å². The van der Waals surface area contributed by atoms with E-state index in [2.05, 4.69) is 4.90 Å². The van der Waals surface area contributed by atoms with Crippen molar-refractivity contribution >= 4 is 0 Å². The Morgan fingerprint density at radius 3 is 2.67 bits per heavy atom. The smallest absolute Gasteiger partial charge is 0.383 e. The van der Waals surface area contributed by atoms with E-state index in [1.54, 1.807) is 13.2 Å². The summed E-state index contributed by atoms with van der Waals surface area (Å²) in [5.41, 5.74) is 5.97. The van der Waals surface area contributed by atoms with Gasteiger partial charge in [-0.05, 0) is 30.5 Å². The summed E-state index contributed by atoms with van der Waals surface area (Å²) >= 11 is 0. The Morgan fingerprint density at radius 1 is 1.38 bits per heavy atom. The summed E-state index contributed by atoms with van der Waals surface area (Å²) in [4.78, 5) is 2.20. The van der Waals surface area contributed by atoms with Crippen molar-refractivity contribution in [2.24, 2.45) is 5.73 Å². The molecule has 1 aliphatic rings. The first-order valence-corrected chi connectivity index (χ1v) is 7.07. The van der Waals surface area contributed by atoms with E-state index in [0.717, 1.165) is 31.5 Å². The molecule has 0 aliphatic heterocycles. The van der Waals surface area contributed by atoms with E-state index in [1.807, 2.05) is 0 Å². The molecule has 118 valence electrons. The third-order valence-electron chi connectivity index (χ3n) is 3.72. The topological polar surface area (TPSA) is 38.5 Å². The van der Waals surface area contributed by atoms with E-state index >= 15 is 0 Å². The first kappa shape index (κ1) is 16.3. The molecule has 1 saturated carbocycles. The highest BCUT2D eigenvalue weighted by Crippen LogP contribution is 2.31. The van der Waals surface area contributed by atoms with Gasteiger partial charge in [-0.15, -0.1) is 0 Å². The monoisotopic (exact) mass is 302 g/mol. The van der Waals surface area contributed by atoms with Crippen molar-refractivity contribution < 1.29 is 17.9 Å². The Balaban J connectivity index is 2.03. The third kappa shape index (κ3) is 4.69. The maximum Gasteiger partial charge on any atom is 0.416 e. The van der Waals surface area contributed by atoms with Crippen molar-refractivity contribution in [2.45, 2.75) is 31.1 Å². The Kier molecular flexibility index (Phi) is 5.24. The molecule has 2 rings (SSSR count). The zero-order valence-corrected chi connectivity index (χ0v) is 12.1. The summed E-state index contributed by atoms with van der Waals surface area (Å²) in [5, 5.41) is 0. The lowest BCUT2D eigenvalue weighted by Gasteiger charge is -2.25. The van der Waals surface area contributed by atoms with Crippen LogP contribution in [0, 0.1) is 0 Å². The number of benzene rings is 1. The standard InChI is InChI=1S/C15H21F3N2O/c1-21-8-7-20(13-5-6-13)10-14(19)11-3-2-4-12(9-11)15(16,17)18/h2-4,9,13-14H,5-8,10,19H2,1H3. The van der Waals surface area contributed by atoms with Crippen molar-refractivity contribution in [3.05, 3.63) is 35.4 Å². The van der Waals surface area contributed by atoms with Crippen LogP contribution in [-0.4, -0.2) is 37.7 Å². The number of methoxy groups -OCH3 is 1. The lowest BCUT2D eigenvalue weighted by Crippen LogP contribution is -2.36. The quantitative estimate of drug-likeness (QED) is 0.842. The molecule has 0 amide bonds. The number of hydrogen-bond donors (Lipinski definition) is 1. The van der Waals surface area contributed by atoms with E-state index in [4.69, 9.17) is 10.5 Å². The summed E-state index contributed by atoms with van der Waals surface area (Å²) in [6.45, 7) is 1.91. The van der Waals surface area contributed by atoms with Crippen LogP contribution in [0.1, 0.15) is 30.0 Å². The Labute approximate surface area is 122 Å². The van der Waals surface area contributed by atoms with Gasteiger partial charge in [-0.1, -0.05) is 12.1 Å². The third-order valence-corrected chi connectivity index (χ3v) is 3.72. The van der Waals surface area contributed by atoms with E-state index < -0.39 is 17.8 Å². The molecule has 1 unspecified atom stereocenters. The zero-order chi connectivity index (χ0) is 15.5. The molecule has 0 radical (unpaired) electrons. The highest BCUT2D eigenvalue weighted by molar-refractivity contribution is 5.28. The number of alkyl halides is 3. The van der Waals surface area contributed by atoms with Gasteiger partial charge in [-0.25, -0.2) is 0 Å². The fraction of sp³-hybridized carbons (Fsp3) is 0.600. The van der Waals surface area contributed by atoms with E-state index in [9.17, 15) is 13.2 Å². The van der Waals surface area contributed by atoms with Crippen molar-refractivity contribution in [1.82, 2.24) is 4.90 Å².